The van der Waals surface area contributed by atoms with Gasteiger partial charge in [0.25, 0.3) is 5.91 Å². The van der Waals surface area contributed by atoms with Gasteiger partial charge >= 0.3 is 0 Å². The van der Waals surface area contributed by atoms with Gasteiger partial charge in [-0.15, -0.1) is 0 Å². The molecule has 1 saturated carbocycles. The van der Waals surface area contributed by atoms with Crippen LogP contribution in [0, 0.1) is 11.8 Å². The largest absolute Gasteiger partial charge is 0.467 e. The van der Waals surface area contributed by atoms with Gasteiger partial charge in [0.05, 0.1) is 12.8 Å². The van der Waals surface area contributed by atoms with Gasteiger partial charge in [-0.1, -0.05) is 12.1 Å². The van der Waals surface area contributed by atoms with E-state index in [-0.39, 0.29) is 29.6 Å². The van der Waals surface area contributed by atoms with Crippen molar-refractivity contribution in [2.75, 3.05) is 13.1 Å². The Kier molecular flexibility index (Phi) is 6.16. The van der Waals surface area contributed by atoms with E-state index in [0.29, 0.717) is 50.3 Å². The first kappa shape index (κ1) is 20.2. The Morgan fingerprint density at radius 1 is 0.933 bits per heavy atom. The summed E-state index contributed by atoms with van der Waals surface area (Å²) in [5.74, 6) is 0.952. The van der Waals surface area contributed by atoms with Gasteiger partial charge in [-0.3, -0.25) is 14.4 Å². The molecule has 1 aliphatic heterocycles. The zero-order valence-corrected chi connectivity index (χ0v) is 16.9. The summed E-state index contributed by atoms with van der Waals surface area (Å²) in [6, 6.07) is 10.8. The minimum Gasteiger partial charge on any atom is -0.467 e. The highest BCUT2D eigenvalue weighted by atomic mass is 16.3. The van der Waals surface area contributed by atoms with Gasteiger partial charge in [0.1, 0.15) is 5.76 Å². The average molecular weight is 409 g/mol. The second-order valence-electron chi connectivity index (χ2n) is 8.05. The van der Waals surface area contributed by atoms with E-state index in [9.17, 15) is 14.4 Å². The van der Waals surface area contributed by atoms with Crippen LogP contribution in [0.5, 0.6) is 0 Å². The Morgan fingerprint density at radius 2 is 1.73 bits per heavy atom. The lowest BCUT2D eigenvalue weighted by molar-refractivity contribution is -0.136. The van der Waals surface area contributed by atoms with Crippen LogP contribution in [-0.4, -0.2) is 35.7 Å². The van der Waals surface area contributed by atoms with E-state index < -0.39 is 0 Å². The molecule has 3 amide bonds. The van der Waals surface area contributed by atoms with Crippen LogP contribution in [0.2, 0.25) is 0 Å². The molecule has 7 heteroatoms. The lowest BCUT2D eigenvalue weighted by Crippen LogP contribution is -2.43. The fraction of sp³-hybridized carbons (Fsp3) is 0.435. The van der Waals surface area contributed by atoms with E-state index in [2.05, 4.69) is 10.6 Å². The lowest BCUT2D eigenvalue weighted by Gasteiger charge is -2.31. The third kappa shape index (κ3) is 5.09. The summed E-state index contributed by atoms with van der Waals surface area (Å²) in [6.07, 6.45) is 5.01. The Hall–Kier alpha value is -3.09. The molecule has 1 saturated heterocycles. The molecule has 1 aromatic carbocycles. The molecule has 2 N–H and O–H groups in total. The summed E-state index contributed by atoms with van der Waals surface area (Å²) in [5, 5.41) is 5.80. The number of hydrogen-bond donors (Lipinski definition) is 2. The molecular weight excluding hydrogens is 382 g/mol. The zero-order chi connectivity index (χ0) is 20.9. The van der Waals surface area contributed by atoms with Crippen LogP contribution >= 0.6 is 0 Å². The molecular formula is C23H27N3O4. The Morgan fingerprint density at radius 3 is 2.43 bits per heavy atom. The minimum atomic E-state index is -0.188. The molecule has 2 fully saturated rings. The molecule has 2 heterocycles. The number of likely N-dealkylation sites (tertiary alicyclic amines) is 1. The number of carbonyl (C=O) groups is 3. The van der Waals surface area contributed by atoms with Crippen LogP contribution in [0.3, 0.4) is 0 Å². The first-order valence-electron chi connectivity index (χ1n) is 10.6. The van der Waals surface area contributed by atoms with E-state index >= 15 is 0 Å². The first-order chi connectivity index (χ1) is 14.6. The molecule has 1 aliphatic carbocycles. The van der Waals surface area contributed by atoms with E-state index in [1.54, 1.807) is 30.5 Å². The Bertz CT molecular complexity index is 897. The van der Waals surface area contributed by atoms with Crippen molar-refractivity contribution in [3.63, 3.8) is 0 Å². The maximum Gasteiger partial charge on any atom is 0.251 e. The summed E-state index contributed by atoms with van der Waals surface area (Å²) >= 11 is 0. The maximum absolute atomic E-state index is 12.5. The number of furan rings is 1. The highest BCUT2D eigenvalue weighted by molar-refractivity contribution is 5.94. The first-order valence-corrected chi connectivity index (χ1v) is 10.6. The number of amides is 3. The highest BCUT2D eigenvalue weighted by Crippen LogP contribution is 2.32. The topological polar surface area (TPSA) is 91.7 Å². The molecule has 2 aromatic rings. The van der Waals surface area contributed by atoms with Crippen LogP contribution < -0.4 is 10.6 Å². The summed E-state index contributed by atoms with van der Waals surface area (Å²) in [6.45, 7) is 2.03. The summed E-state index contributed by atoms with van der Waals surface area (Å²) in [4.78, 5) is 38.9. The van der Waals surface area contributed by atoms with Crippen molar-refractivity contribution in [2.45, 2.75) is 38.8 Å². The Balaban J connectivity index is 1.23. The molecule has 0 atom stereocenters. The van der Waals surface area contributed by atoms with Gasteiger partial charge in [-0.2, -0.15) is 0 Å². The number of nitrogens with one attached hydrogen (secondary N) is 2. The van der Waals surface area contributed by atoms with Gasteiger partial charge in [0.2, 0.25) is 11.8 Å². The summed E-state index contributed by atoms with van der Waals surface area (Å²) < 4.78 is 5.22. The van der Waals surface area contributed by atoms with E-state index in [1.165, 1.54) is 0 Å². The predicted molar refractivity (Wildman–Crippen MR) is 110 cm³/mol. The van der Waals surface area contributed by atoms with Crippen molar-refractivity contribution in [3.05, 3.63) is 59.5 Å². The van der Waals surface area contributed by atoms with Gasteiger partial charge in [0, 0.05) is 37.0 Å². The molecule has 7 nitrogen and oxygen atoms in total. The molecule has 2 aliphatic rings. The fourth-order valence-electron chi connectivity index (χ4n) is 3.79. The number of carbonyl (C=O) groups excluding carboxylic acids is 3. The monoisotopic (exact) mass is 409 g/mol. The van der Waals surface area contributed by atoms with Gasteiger partial charge < -0.3 is 20.0 Å². The molecule has 30 heavy (non-hydrogen) atoms. The molecule has 0 bridgehead atoms. The van der Waals surface area contributed by atoms with Crippen molar-refractivity contribution >= 4 is 17.7 Å². The van der Waals surface area contributed by atoms with Crippen LogP contribution in [0.4, 0.5) is 0 Å². The molecule has 0 spiro atoms. The van der Waals surface area contributed by atoms with Crippen molar-refractivity contribution < 1.29 is 18.8 Å². The lowest BCUT2D eigenvalue weighted by atomic mass is 9.95. The van der Waals surface area contributed by atoms with E-state index in [4.69, 9.17) is 4.42 Å². The molecule has 4 rings (SSSR count). The third-order valence-corrected chi connectivity index (χ3v) is 5.76. The average Bonchev–Trinajstić information content (AvgIpc) is 3.51. The van der Waals surface area contributed by atoms with Crippen molar-refractivity contribution in [1.29, 1.82) is 0 Å². The van der Waals surface area contributed by atoms with Crippen molar-refractivity contribution in [3.8, 4) is 0 Å². The third-order valence-electron chi connectivity index (χ3n) is 5.76. The van der Waals surface area contributed by atoms with E-state index in [0.717, 1.165) is 18.4 Å². The van der Waals surface area contributed by atoms with E-state index in [1.807, 2.05) is 17.0 Å². The zero-order valence-electron chi connectivity index (χ0n) is 16.9. The van der Waals surface area contributed by atoms with Gasteiger partial charge in [-0.05, 0) is 55.5 Å². The molecule has 0 radical (unpaired) electrons. The SMILES string of the molecule is O=C(NCc1ccco1)c1cccc(CNC(=O)C2CCN(C(=O)C3CC3)CC2)c1. The summed E-state index contributed by atoms with van der Waals surface area (Å²) in [7, 11) is 0. The van der Waals surface area contributed by atoms with Crippen LogP contribution in [0.25, 0.3) is 0 Å². The quantitative estimate of drug-likeness (QED) is 0.735. The second-order valence-corrected chi connectivity index (χ2v) is 8.05. The van der Waals surface area contributed by atoms with Crippen LogP contribution in [0.1, 0.15) is 47.4 Å². The van der Waals surface area contributed by atoms with Crippen LogP contribution in [-0.2, 0) is 22.7 Å². The second kappa shape index (κ2) is 9.15. The van der Waals surface area contributed by atoms with Gasteiger partial charge in [-0.25, -0.2) is 0 Å². The van der Waals surface area contributed by atoms with Crippen molar-refractivity contribution in [1.82, 2.24) is 15.5 Å². The maximum atomic E-state index is 12.5. The fourth-order valence-corrected chi connectivity index (χ4v) is 3.79. The standard InChI is InChI=1S/C23H27N3O4/c27-21(17-8-10-26(11-9-17)23(29)18-6-7-18)24-14-16-3-1-4-19(13-16)22(28)25-15-20-5-2-12-30-20/h1-5,12-13,17-18H,6-11,14-15H2,(H,24,27)(H,25,28). The molecule has 0 unspecified atom stereocenters. The number of benzene rings is 1. The van der Waals surface area contributed by atoms with Crippen molar-refractivity contribution in [2.24, 2.45) is 11.8 Å². The smallest absolute Gasteiger partial charge is 0.251 e. The predicted octanol–water partition coefficient (Wildman–Crippen LogP) is 2.47. The highest BCUT2D eigenvalue weighted by Gasteiger charge is 2.35. The van der Waals surface area contributed by atoms with Crippen LogP contribution in [0.15, 0.2) is 47.1 Å². The molecule has 1 aromatic heterocycles. The van der Waals surface area contributed by atoms with Gasteiger partial charge in [0.15, 0.2) is 0 Å². The Labute approximate surface area is 175 Å². The molecule has 158 valence electrons. The normalized spacial score (nSPS) is 16.9. The minimum absolute atomic E-state index is 0.0150. The summed E-state index contributed by atoms with van der Waals surface area (Å²) in [5.41, 5.74) is 1.41. The number of piperidine rings is 1. The number of rotatable bonds is 7. The number of hydrogen-bond acceptors (Lipinski definition) is 4. The number of nitrogens with zero attached hydrogens (tertiary/aromatic N) is 1.